The molecule has 0 bridgehead atoms. The summed E-state index contributed by atoms with van der Waals surface area (Å²) in [4.78, 5) is 14.6. The third-order valence-electron chi connectivity index (χ3n) is 4.68. The Hall–Kier alpha value is -1.44. The molecule has 0 saturated carbocycles. The molecule has 0 aliphatic heterocycles. The summed E-state index contributed by atoms with van der Waals surface area (Å²) in [5.74, 6) is 0.0626. The number of rotatable bonds is 10. The van der Waals surface area contributed by atoms with Crippen LogP contribution in [-0.4, -0.2) is 55.2 Å². The van der Waals surface area contributed by atoms with Crippen molar-refractivity contribution in [2.24, 2.45) is 0 Å². The van der Waals surface area contributed by atoms with Crippen molar-refractivity contribution in [3.63, 3.8) is 0 Å². The van der Waals surface area contributed by atoms with E-state index in [1.807, 2.05) is 53.4 Å². The Morgan fingerprint density at radius 3 is 1.85 bits per heavy atom. The molecule has 6 nitrogen and oxygen atoms in total. The minimum absolute atomic E-state index is 0.0552. The molecule has 0 fully saturated rings. The van der Waals surface area contributed by atoms with E-state index >= 15 is 0 Å². The summed E-state index contributed by atoms with van der Waals surface area (Å²) in [6.45, 7) is 14.8. The van der Waals surface area contributed by atoms with Gasteiger partial charge in [-0.2, -0.15) is 4.31 Å². The molecule has 1 rings (SSSR count). The zero-order valence-electron chi connectivity index (χ0n) is 17.7. The second-order valence-electron chi connectivity index (χ2n) is 7.25. The summed E-state index contributed by atoms with van der Waals surface area (Å²) in [5, 5.41) is 3.24. The fraction of sp³-hybridized carbons (Fsp3) is 0.650. The van der Waals surface area contributed by atoms with Crippen molar-refractivity contribution in [3.8, 4) is 0 Å². The van der Waals surface area contributed by atoms with Gasteiger partial charge in [-0.05, 0) is 52.3 Å². The lowest BCUT2D eigenvalue weighted by Crippen LogP contribution is -2.46. The molecule has 27 heavy (non-hydrogen) atoms. The Morgan fingerprint density at radius 2 is 1.44 bits per heavy atom. The van der Waals surface area contributed by atoms with Gasteiger partial charge in [-0.15, -0.1) is 0 Å². The molecule has 0 radical (unpaired) electrons. The first kappa shape index (κ1) is 23.6. The van der Waals surface area contributed by atoms with Crippen molar-refractivity contribution in [2.45, 2.75) is 71.5 Å². The van der Waals surface area contributed by atoms with Crippen molar-refractivity contribution >= 4 is 15.9 Å². The highest BCUT2D eigenvalue weighted by Crippen LogP contribution is 2.19. The van der Waals surface area contributed by atoms with Gasteiger partial charge in [-0.25, -0.2) is 8.42 Å². The van der Waals surface area contributed by atoms with Crippen LogP contribution < -0.4 is 5.32 Å². The maximum Gasteiger partial charge on any atom is 0.243 e. The highest BCUT2D eigenvalue weighted by Gasteiger charge is 2.22. The molecule has 7 heteroatoms. The SMILES string of the molecule is CCN(CC)S(=O)(=O)c1ccc([C@H](C)NCC(=O)N(C(C)C)C(C)C)cc1. The van der Waals surface area contributed by atoms with Gasteiger partial charge in [-0.3, -0.25) is 4.79 Å². The number of nitrogens with zero attached hydrogens (tertiary/aromatic N) is 2. The van der Waals surface area contributed by atoms with Gasteiger partial charge in [0.1, 0.15) is 0 Å². The van der Waals surface area contributed by atoms with E-state index in [9.17, 15) is 13.2 Å². The van der Waals surface area contributed by atoms with Gasteiger partial charge in [0.05, 0.1) is 11.4 Å². The molecule has 0 saturated heterocycles. The average molecular weight is 398 g/mol. The summed E-state index contributed by atoms with van der Waals surface area (Å²) in [6, 6.07) is 7.14. The van der Waals surface area contributed by atoms with Gasteiger partial charge in [0.25, 0.3) is 0 Å². The number of benzene rings is 1. The minimum Gasteiger partial charge on any atom is -0.337 e. The van der Waals surface area contributed by atoms with E-state index in [0.717, 1.165) is 5.56 Å². The van der Waals surface area contributed by atoms with Crippen LogP contribution in [0, 0.1) is 0 Å². The van der Waals surface area contributed by atoms with Gasteiger partial charge in [0.15, 0.2) is 0 Å². The van der Waals surface area contributed by atoms with Crippen LogP contribution >= 0.6 is 0 Å². The van der Waals surface area contributed by atoms with Gasteiger partial charge in [0, 0.05) is 31.2 Å². The molecule has 0 heterocycles. The number of amides is 1. The maximum atomic E-state index is 12.6. The Morgan fingerprint density at radius 1 is 0.963 bits per heavy atom. The summed E-state index contributed by atoms with van der Waals surface area (Å²) >= 11 is 0. The predicted molar refractivity (Wildman–Crippen MR) is 110 cm³/mol. The zero-order valence-corrected chi connectivity index (χ0v) is 18.5. The quantitative estimate of drug-likeness (QED) is 0.659. The summed E-state index contributed by atoms with van der Waals surface area (Å²) in [5.41, 5.74) is 0.946. The van der Waals surface area contributed by atoms with E-state index in [-0.39, 0.29) is 30.6 Å². The second kappa shape index (κ2) is 10.2. The average Bonchev–Trinajstić information content (AvgIpc) is 2.60. The van der Waals surface area contributed by atoms with Crippen molar-refractivity contribution in [2.75, 3.05) is 19.6 Å². The molecule has 1 atom stereocenters. The largest absolute Gasteiger partial charge is 0.337 e. The maximum absolute atomic E-state index is 12.6. The van der Waals surface area contributed by atoms with E-state index in [2.05, 4.69) is 5.32 Å². The number of sulfonamides is 1. The molecule has 0 aromatic heterocycles. The smallest absolute Gasteiger partial charge is 0.243 e. The lowest BCUT2D eigenvalue weighted by molar-refractivity contribution is -0.133. The summed E-state index contributed by atoms with van der Waals surface area (Å²) in [7, 11) is -3.45. The van der Waals surface area contributed by atoms with Crippen LogP contribution in [0.1, 0.15) is 60.1 Å². The molecule has 1 N–H and O–H groups in total. The van der Waals surface area contributed by atoms with Crippen molar-refractivity contribution in [1.82, 2.24) is 14.5 Å². The minimum atomic E-state index is -3.45. The van der Waals surface area contributed by atoms with Crippen LogP contribution in [0.5, 0.6) is 0 Å². The Labute approximate surface area is 165 Å². The fourth-order valence-electron chi connectivity index (χ4n) is 3.26. The number of hydrogen-bond donors (Lipinski definition) is 1. The predicted octanol–water partition coefficient (Wildman–Crippen LogP) is 3.01. The first-order valence-electron chi connectivity index (χ1n) is 9.70. The van der Waals surface area contributed by atoms with E-state index in [1.54, 1.807) is 24.3 Å². The van der Waals surface area contributed by atoms with Crippen LogP contribution in [0.25, 0.3) is 0 Å². The van der Waals surface area contributed by atoms with Crippen molar-refractivity contribution < 1.29 is 13.2 Å². The number of carbonyl (C=O) groups excluding carboxylic acids is 1. The summed E-state index contributed by atoms with van der Waals surface area (Å²) in [6.07, 6.45) is 0. The van der Waals surface area contributed by atoms with Gasteiger partial charge < -0.3 is 10.2 Å². The van der Waals surface area contributed by atoms with E-state index < -0.39 is 10.0 Å². The lowest BCUT2D eigenvalue weighted by atomic mass is 10.1. The standard InChI is InChI=1S/C20H35N3O3S/c1-8-22(9-2)27(25,26)19-12-10-18(11-13-19)17(7)21-14-20(24)23(15(3)4)16(5)6/h10-13,15-17,21H,8-9,14H2,1-7H3/t17-/m0/s1. The fourth-order valence-corrected chi connectivity index (χ4v) is 4.72. The monoisotopic (exact) mass is 397 g/mol. The molecule has 1 aromatic rings. The van der Waals surface area contributed by atoms with Crippen LogP contribution in [-0.2, 0) is 14.8 Å². The molecule has 0 aliphatic carbocycles. The third kappa shape index (κ3) is 6.02. The highest BCUT2D eigenvalue weighted by molar-refractivity contribution is 7.89. The van der Waals surface area contributed by atoms with Crippen LogP contribution in [0.4, 0.5) is 0 Å². The van der Waals surface area contributed by atoms with Crippen molar-refractivity contribution in [1.29, 1.82) is 0 Å². The first-order chi connectivity index (χ1) is 12.6. The normalized spacial score (nSPS) is 13.4. The molecular formula is C20H35N3O3S. The number of carbonyl (C=O) groups is 1. The van der Waals surface area contributed by atoms with Gasteiger partial charge >= 0.3 is 0 Å². The third-order valence-corrected chi connectivity index (χ3v) is 6.75. The number of nitrogens with one attached hydrogen (secondary N) is 1. The topological polar surface area (TPSA) is 69.7 Å². The molecule has 0 aliphatic rings. The molecule has 0 spiro atoms. The Balaban J connectivity index is 2.80. The van der Waals surface area contributed by atoms with E-state index in [1.165, 1.54) is 4.31 Å². The lowest BCUT2D eigenvalue weighted by Gasteiger charge is -2.31. The molecule has 0 unspecified atom stereocenters. The Bertz CT molecular complexity index is 688. The molecular weight excluding hydrogens is 362 g/mol. The van der Waals surface area contributed by atoms with E-state index in [4.69, 9.17) is 0 Å². The van der Waals surface area contributed by atoms with Crippen LogP contribution in [0.15, 0.2) is 29.2 Å². The van der Waals surface area contributed by atoms with Crippen LogP contribution in [0.3, 0.4) is 0 Å². The molecule has 154 valence electrons. The Kier molecular flexibility index (Phi) is 8.91. The highest BCUT2D eigenvalue weighted by atomic mass is 32.2. The molecule has 1 amide bonds. The van der Waals surface area contributed by atoms with Gasteiger partial charge in [0.2, 0.25) is 15.9 Å². The first-order valence-corrected chi connectivity index (χ1v) is 11.1. The molecule has 1 aromatic carbocycles. The van der Waals surface area contributed by atoms with E-state index in [0.29, 0.717) is 18.0 Å². The van der Waals surface area contributed by atoms with Crippen molar-refractivity contribution in [3.05, 3.63) is 29.8 Å². The number of hydrogen-bond acceptors (Lipinski definition) is 4. The zero-order chi connectivity index (χ0) is 20.8. The second-order valence-corrected chi connectivity index (χ2v) is 9.19. The van der Waals surface area contributed by atoms with Gasteiger partial charge in [-0.1, -0.05) is 26.0 Å². The van der Waals surface area contributed by atoms with Crippen LogP contribution in [0.2, 0.25) is 0 Å². The summed E-state index contributed by atoms with van der Waals surface area (Å²) < 4.78 is 26.5.